The van der Waals surface area contributed by atoms with E-state index in [2.05, 4.69) is 10.2 Å². The molecule has 1 fully saturated rings. The van der Waals surface area contributed by atoms with Crippen LogP contribution in [-0.4, -0.2) is 48.4 Å². The Morgan fingerprint density at radius 1 is 1.27 bits per heavy atom. The zero-order chi connectivity index (χ0) is 15.8. The van der Waals surface area contributed by atoms with Crippen LogP contribution in [0.5, 0.6) is 0 Å². The third-order valence-electron chi connectivity index (χ3n) is 4.31. The monoisotopic (exact) mass is 306 g/mol. The molecule has 5 nitrogen and oxygen atoms in total. The van der Waals surface area contributed by atoms with Crippen molar-refractivity contribution in [3.63, 3.8) is 0 Å². The molecule has 0 unspecified atom stereocenters. The van der Waals surface area contributed by atoms with E-state index in [-0.39, 0.29) is 18.7 Å². The van der Waals surface area contributed by atoms with Crippen molar-refractivity contribution in [2.75, 3.05) is 20.2 Å². The second-order valence-corrected chi connectivity index (χ2v) is 5.92. The maximum atomic E-state index is 11.8. The van der Waals surface area contributed by atoms with Crippen molar-refractivity contribution in [2.24, 2.45) is 0 Å². The number of alkyl carbamates (subject to hydrolysis) is 1. The number of ether oxygens (including phenoxy) is 1. The number of nitrogens with one attached hydrogen (secondary N) is 1. The van der Waals surface area contributed by atoms with E-state index in [1.165, 1.54) is 0 Å². The van der Waals surface area contributed by atoms with Gasteiger partial charge in [0, 0.05) is 18.6 Å². The van der Waals surface area contributed by atoms with Crippen LogP contribution in [0, 0.1) is 0 Å². The highest BCUT2D eigenvalue weighted by Gasteiger charge is 2.24. The van der Waals surface area contributed by atoms with Crippen LogP contribution in [0.25, 0.3) is 0 Å². The molecule has 0 bridgehead atoms. The predicted molar refractivity (Wildman–Crippen MR) is 85.5 cm³/mol. The van der Waals surface area contributed by atoms with Crippen LogP contribution in [0.15, 0.2) is 30.3 Å². The maximum absolute atomic E-state index is 11.8. The summed E-state index contributed by atoms with van der Waals surface area (Å²) < 4.78 is 5.25. The minimum absolute atomic E-state index is 0.195. The summed E-state index contributed by atoms with van der Waals surface area (Å²) in [4.78, 5) is 14.0. The first kappa shape index (κ1) is 16.8. The van der Waals surface area contributed by atoms with E-state index in [9.17, 15) is 4.79 Å². The van der Waals surface area contributed by atoms with Crippen LogP contribution in [0.1, 0.15) is 31.2 Å². The first-order valence-electron chi connectivity index (χ1n) is 7.97. The number of amides is 1. The Kier molecular flexibility index (Phi) is 6.68. The van der Waals surface area contributed by atoms with E-state index >= 15 is 0 Å². The molecule has 0 aromatic heterocycles. The SMILES string of the molecule is CN(CCO)C1CCC(NC(=O)OCc2ccccc2)CC1. The van der Waals surface area contributed by atoms with Gasteiger partial charge in [-0.05, 0) is 38.3 Å². The number of hydrogen-bond acceptors (Lipinski definition) is 4. The summed E-state index contributed by atoms with van der Waals surface area (Å²) in [6.45, 7) is 1.21. The molecule has 22 heavy (non-hydrogen) atoms. The fraction of sp³-hybridized carbons (Fsp3) is 0.588. The maximum Gasteiger partial charge on any atom is 0.407 e. The van der Waals surface area contributed by atoms with Crippen molar-refractivity contribution >= 4 is 6.09 Å². The molecule has 1 aromatic rings. The second kappa shape index (κ2) is 8.76. The van der Waals surface area contributed by atoms with Crippen molar-refractivity contribution in [1.82, 2.24) is 10.2 Å². The summed E-state index contributed by atoms with van der Waals surface area (Å²) in [5.74, 6) is 0. The van der Waals surface area contributed by atoms with E-state index in [0.29, 0.717) is 19.2 Å². The van der Waals surface area contributed by atoms with Crippen LogP contribution in [-0.2, 0) is 11.3 Å². The van der Waals surface area contributed by atoms with E-state index < -0.39 is 0 Å². The number of carbonyl (C=O) groups excluding carboxylic acids is 1. The van der Waals surface area contributed by atoms with Crippen LogP contribution >= 0.6 is 0 Å². The summed E-state index contributed by atoms with van der Waals surface area (Å²) in [7, 11) is 2.04. The summed E-state index contributed by atoms with van der Waals surface area (Å²) in [6, 6.07) is 10.4. The van der Waals surface area contributed by atoms with E-state index in [0.717, 1.165) is 31.2 Å². The van der Waals surface area contributed by atoms with Crippen molar-refractivity contribution in [3.05, 3.63) is 35.9 Å². The van der Waals surface area contributed by atoms with Gasteiger partial charge >= 0.3 is 6.09 Å². The molecular weight excluding hydrogens is 280 g/mol. The Balaban J connectivity index is 1.66. The first-order valence-corrected chi connectivity index (χ1v) is 7.97. The molecule has 2 rings (SSSR count). The minimum Gasteiger partial charge on any atom is -0.445 e. The smallest absolute Gasteiger partial charge is 0.407 e. The van der Waals surface area contributed by atoms with Gasteiger partial charge in [-0.3, -0.25) is 0 Å². The van der Waals surface area contributed by atoms with Crippen LogP contribution in [0.3, 0.4) is 0 Å². The fourth-order valence-corrected chi connectivity index (χ4v) is 2.93. The van der Waals surface area contributed by atoms with Crippen molar-refractivity contribution in [3.8, 4) is 0 Å². The Bertz CT molecular complexity index is 444. The average molecular weight is 306 g/mol. The number of likely N-dealkylation sites (N-methyl/N-ethyl adjacent to an activating group) is 1. The Morgan fingerprint density at radius 3 is 2.59 bits per heavy atom. The molecule has 0 radical (unpaired) electrons. The lowest BCUT2D eigenvalue weighted by atomic mass is 9.90. The topological polar surface area (TPSA) is 61.8 Å². The van der Waals surface area contributed by atoms with Crippen molar-refractivity contribution in [2.45, 2.75) is 44.4 Å². The third kappa shape index (κ3) is 5.31. The summed E-state index contributed by atoms with van der Waals surface area (Å²) >= 11 is 0. The van der Waals surface area contributed by atoms with Gasteiger partial charge in [0.25, 0.3) is 0 Å². The largest absolute Gasteiger partial charge is 0.445 e. The van der Waals surface area contributed by atoms with Gasteiger partial charge in [-0.25, -0.2) is 4.79 Å². The highest BCUT2D eigenvalue weighted by Crippen LogP contribution is 2.22. The van der Waals surface area contributed by atoms with Gasteiger partial charge in [-0.1, -0.05) is 30.3 Å². The zero-order valence-corrected chi connectivity index (χ0v) is 13.2. The Morgan fingerprint density at radius 2 is 1.95 bits per heavy atom. The molecule has 1 aromatic carbocycles. The number of carbonyl (C=O) groups is 1. The third-order valence-corrected chi connectivity index (χ3v) is 4.31. The summed E-state index contributed by atoms with van der Waals surface area (Å²) in [5, 5.41) is 11.9. The lowest BCUT2D eigenvalue weighted by molar-refractivity contribution is 0.120. The van der Waals surface area contributed by atoms with Gasteiger partial charge in [0.2, 0.25) is 0 Å². The second-order valence-electron chi connectivity index (χ2n) is 5.92. The van der Waals surface area contributed by atoms with Crippen molar-refractivity contribution < 1.29 is 14.6 Å². The lowest BCUT2D eigenvalue weighted by Gasteiger charge is -2.34. The van der Waals surface area contributed by atoms with Gasteiger partial charge < -0.3 is 20.1 Å². The number of aliphatic hydroxyl groups excluding tert-OH is 1. The van der Waals surface area contributed by atoms with E-state index in [4.69, 9.17) is 9.84 Å². The lowest BCUT2D eigenvalue weighted by Crippen LogP contribution is -2.43. The van der Waals surface area contributed by atoms with Crippen LogP contribution in [0.4, 0.5) is 4.79 Å². The number of hydrogen-bond donors (Lipinski definition) is 2. The molecule has 1 aliphatic rings. The zero-order valence-electron chi connectivity index (χ0n) is 13.2. The molecule has 1 amide bonds. The summed E-state index contributed by atoms with van der Waals surface area (Å²) in [5.41, 5.74) is 0.993. The minimum atomic E-state index is -0.337. The van der Waals surface area contributed by atoms with Crippen LogP contribution in [0.2, 0.25) is 0 Å². The average Bonchev–Trinajstić information content (AvgIpc) is 2.55. The van der Waals surface area contributed by atoms with Crippen molar-refractivity contribution in [1.29, 1.82) is 0 Å². The molecule has 1 aliphatic carbocycles. The normalized spacial score (nSPS) is 21.6. The molecule has 2 N–H and O–H groups in total. The van der Waals surface area contributed by atoms with Crippen LogP contribution < -0.4 is 5.32 Å². The molecule has 0 spiro atoms. The molecular formula is C17H26N2O3. The highest BCUT2D eigenvalue weighted by molar-refractivity contribution is 5.67. The number of rotatable bonds is 6. The van der Waals surface area contributed by atoms with Gasteiger partial charge in [0.15, 0.2) is 0 Å². The first-order chi connectivity index (χ1) is 10.7. The molecule has 0 heterocycles. The van der Waals surface area contributed by atoms with E-state index in [1.54, 1.807) is 0 Å². The number of nitrogens with zero attached hydrogens (tertiary/aromatic N) is 1. The molecule has 0 atom stereocenters. The quantitative estimate of drug-likeness (QED) is 0.845. The summed E-state index contributed by atoms with van der Waals surface area (Å²) in [6.07, 6.45) is 3.66. The number of benzene rings is 1. The van der Waals surface area contributed by atoms with Gasteiger partial charge in [-0.2, -0.15) is 0 Å². The number of aliphatic hydroxyl groups is 1. The molecule has 0 saturated heterocycles. The van der Waals surface area contributed by atoms with Gasteiger partial charge in [0.05, 0.1) is 6.61 Å². The molecule has 5 heteroatoms. The van der Waals surface area contributed by atoms with Gasteiger partial charge in [0.1, 0.15) is 6.61 Å². The Labute approximate surface area is 132 Å². The standard InChI is InChI=1S/C17H26N2O3/c1-19(11-12-20)16-9-7-15(8-10-16)18-17(21)22-13-14-5-3-2-4-6-14/h2-6,15-16,20H,7-13H2,1H3,(H,18,21). The molecule has 122 valence electrons. The highest BCUT2D eigenvalue weighted by atomic mass is 16.5. The van der Waals surface area contributed by atoms with Gasteiger partial charge in [-0.15, -0.1) is 0 Å². The van der Waals surface area contributed by atoms with E-state index in [1.807, 2.05) is 37.4 Å². The fourth-order valence-electron chi connectivity index (χ4n) is 2.93. The molecule has 1 saturated carbocycles. The molecule has 0 aliphatic heterocycles. The predicted octanol–water partition coefficient (Wildman–Crippen LogP) is 2.15. The Hall–Kier alpha value is -1.59.